The molecule has 86 valence electrons. The van der Waals surface area contributed by atoms with E-state index in [0.717, 1.165) is 25.9 Å². The van der Waals surface area contributed by atoms with Crippen LogP contribution in [0.25, 0.3) is 0 Å². The summed E-state index contributed by atoms with van der Waals surface area (Å²) in [5, 5.41) is 0. The van der Waals surface area contributed by atoms with Crippen LogP contribution in [0.4, 0.5) is 0 Å². The lowest BCUT2D eigenvalue weighted by Gasteiger charge is -2.20. The lowest BCUT2D eigenvalue weighted by Crippen LogP contribution is -2.30. The highest BCUT2D eigenvalue weighted by molar-refractivity contribution is 4.70. The van der Waals surface area contributed by atoms with Crippen molar-refractivity contribution in [2.24, 2.45) is 11.7 Å². The fourth-order valence-electron chi connectivity index (χ4n) is 1.59. The SMILES string of the molecule is CCC(CC)C(N)CCOCCOC. The highest BCUT2D eigenvalue weighted by Crippen LogP contribution is 2.13. The first-order valence-electron chi connectivity index (χ1n) is 5.58. The first-order chi connectivity index (χ1) is 6.76. The standard InChI is InChI=1S/C11H25NO2/c1-4-10(5-2)11(12)6-7-14-9-8-13-3/h10-11H,4-9,12H2,1-3H3. The lowest BCUT2D eigenvalue weighted by molar-refractivity contribution is 0.0647. The van der Waals surface area contributed by atoms with Gasteiger partial charge in [0.25, 0.3) is 0 Å². The van der Waals surface area contributed by atoms with E-state index >= 15 is 0 Å². The van der Waals surface area contributed by atoms with Crippen molar-refractivity contribution in [3.8, 4) is 0 Å². The van der Waals surface area contributed by atoms with Gasteiger partial charge in [-0.25, -0.2) is 0 Å². The van der Waals surface area contributed by atoms with Crippen molar-refractivity contribution in [2.45, 2.75) is 39.2 Å². The van der Waals surface area contributed by atoms with Crippen molar-refractivity contribution < 1.29 is 9.47 Å². The summed E-state index contributed by atoms with van der Waals surface area (Å²) in [6.07, 6.45) is 3.28. The largest absolute Gasteiger partial charge is 0.382 e. The van der Waals surface area contributed by atoms with Crippen molar-refractivity contribution in [3.05, 3.63) is 0 Å². The molecule has 14 heavy (non-hydrogen) atoms. The van der Waals surface area contributed by atoms with Crippen molar-refractivity contribution >= 4 is 0 Å². The van der Waals surface area contributed by atoms with Crippen LogP contribution < -0.4 is 5.73 Å². The van der Waals surface area contributed by atoms with Gasteiger partial charge in [0.15, 0.2) is 0 Å². The molecule has 3 nitrogen and oxygen atoms in total. The summed E-state index contributed by atoms with van der Waals surface area (Å²) >= 11 is 0. The minimum Gasteiger partial charge on any atom is -0.382 e. The highest BCUT2D eigenvalue weighted by atomic mass is 16.5. The monoisotopic (exact) mass is 203 g/mol. The average molecular weight is 203 g/mol. The van der Waals surface area contributed by atoms with Crippen LogP contribution in [0.15, 0.2) is 0 Å². The molecule has 0 fully saturated rings. The van der Waals surface area contributed by atoms with Crippen molar-refractivity contribution in [3.63, 3.8) is 0 Å². The molecule has 0 saturated carbocycles. The lowest BCUT2D eigenvalue weighted by atomic mass is 9.93. The second-order valence-corrected chi connectivity index (χ2v) is 3.63. The molecule has 0 heterocycles. The van der Waals surface area contributed by atoms with Gasteiger partial charge in [-0.2, -0.15) is 0 Å². The topological polar surface area (TPSA) is 44.5 Å². The van der Waals surface area contributed by atoms with Gasteiger partial charge in [-0.3, -0.25) is 0 Å². The highest BCUT2D eigenvalue weighted by Gasteiger charge is 2.13. The second-order valence-electron chi connectivity index (χ2n) is 3.63. The fraction of sp³-hybridized carbons (Fsp3) is 1.00. The molecule has 0 rings (SSSR count). The van der Waals surface area contributed by atoms with Crippen molar-refractivity contribution in [1.82, 2.24) is 0 Å². The van der Waals surface area contributed by atoms with E-state index in [9.17, 15) is 0 Å². The summed E-state index contributed by atoms with van der Waals surface area (Å²) in [6.45, 7) is 6.48. The molecular formula is C11H25NO2. The van der Waals surface area contributed by atoms with E-state index in [-0.39, 0.29) is 6.04 Å². The minimum absolute atomic E-state index is 0.285. The van der Waals surface area contributed by atoms with Crippen LogP contribution in [-0.4, -0.2) is 33.0 Å². The normalized spacial score (nSPS) is 13.5. The van der Waals surface area contributed by atoms with Gasteiger partial charge in [-0.1, -0.05) is 26.7 Å². The van der Waals surface area contributed by atoms with E-state index in [4.69, 9.17) is 15.2 Å². The van der Waals surface area contributed by atoms with Crippen LogP contribution >= 0.6 is 0 Å². The molecule has 0 spiro atoms. The Hall–Kier alpha value is -0.120. The Morgan fingerprint density at radius 1 is 1.07 bits per heavy atom. The van der Waals surface area contributed by atoms with Gasteiger partial charge < -0.3 is 15.2 Å². The number of ether oxygens (including phenoxy) is 2. The van der Waals surface area contributed by atoms with E-state index in [1.165, 1.54) is 0 Å². The Kier molecular flexibility index (Phi) is 9.35. The van der Waals surface area contributed by atoms with E-state index in [1.54, 1.807) is 7.11 Å². The maximum Gasteiger partial charge on any atom is 0.0700 e. The zero-order valence-electron chi connectivity index (χ0n) is 9.79. The molecule has 1 atom stereocenters. The number of nitrogens with two attached hydrogens (primary N) is 1. The van der Waals surface area contributed by atoms with Gasteiger partial charge in [0.1, 0.15) is 0 Å². The predicted molar refractivity (Wildman–Crippen MR) is 59.4 cm³/mol. The first-order valence-corrected chi connectivity index (χ1v) is 5.58. The molecule has 0 aromatic heterocycles. The molecule has 1 unspecified atom stereocenters. The van der Waals surface area contributed by atoms with Gasteiger partial charge in [0, 0.05) is 19.8 Å². The average Bonchev–Trinajstić information content (AvgIpc) is 2.19. The van der Waals surface area contributed by atoms with Crippen molar-refractivity contribution in [2.75, 3.05) is 26.9 Å². The maximum atomic E-state index is 6.04. The quantitative estimate of drug-likeness (QED) is 0.581. The molecule has 0 aliphatic heterocycles. The van der Waals surface area contributed by atoms with Gasteiger partial charge in [0.2, 0.25) is 0 Å². The molecule has 0 amide bonds. The van der Waals surface area contributed by atoms with Crippen LogP contribution in [0, 0.1) is 5.92 Å². The summed E-state index contributed by atoms with van der Waals surface area (Å²) in [6, 6.07) is 0.285. The zero-order valence-corrected chi connectivity index (χ0v) is 9.79. The Morgan fingerprint density at radius 3 is 2.21 bits per heavy atom. The molecule has 0 aliphatic rings. The third-order valence-electron chi connectivity index (χ3n) is 2.68. The molecule has 0 aromatic carbocycles. The summed E-state index contributed by atoms with van der Waals surface area (Å²) in [7, 11) is 1.68. The Labute approximate surface area is 88.0 Å². The molecule has 0 aliphatic carbocycles. The van der Waals surface area contributed by atoms with Crippen LogP contribution in [0.2, 0.25) is 0 Å². The smallest absolute Gasteiger partial charge is 0.0700 e. The molecule has 3 heteroatoms. The van der Waals surface area contributed by atoms with Crippen LogP contribution in [0.5, 0.6) is 0 Å². The summed E-state index contributed by atoms with van der Waals surface area (Å²) in [5.41, 5.74) is 6.04. The van der Waals surface area contributed by atoms with Crippen LogP contribution in [0.1, 0.15) is 33.1 Å². The molecule has 2 N–H and O–H groups in total. The second kappa shape index (κ2) is 9.44. The van der Waals surface area contributed by atoms with E-state index in [1.807, 2.05) is 0 Å². The van der Waals surface area contributed by atoms with Crippen LogP contribution in [-0.2, 0) is 9.47 Å². The zero-order chi connectivity index (χ0) is 10.8. The molecular weight excluding hydrogens is 178 g/mol. The molecule has 0 aromatic rings. The van der Waals surface area contributed by atoms with Gasteiger partial charge in [0.05, 0.1) is 13.2 Å². The first kappa shape index (κ1) is 13.9. The maximum absolute atomic E-state index is 6.04. The summed E-state index contributed by atoms with van der Waals surface area (Å²) < 4.78 is 10.3. The summed E-state index contributed by atoms with van der Waals surface area (Å²) in [4.78, 5) is 0. The minimum atomic E-state index is 0.285. The van der Waals surface area contributed by atoms with E-state index in [2.05, 4.69) is 13.8 Å². The Bertz CT molecular complexity index is 116. The number of hydrogen-bond acceptors (Lipinski definition) is 3. The van der Waals surface area contributed by atoms with Gasteiger partial charge >= 0.3 is 0 Å². The number of hydrogen-bond donors (Lipinski definition) is 1. The van der Waals surface area contributed by atoms with Crippen molar-refractivity contribution in [1.29, 1.82) is 0 Å². The van der Waals surface area contributed by atoms with Gasteiger partial charge in [-0.15, -0.1) is 0 Å². The number of methoxy groups -OCH3 is 1. The predicted octanol–water partition coefficient (Wildman–Crippen LogP) is 1.80. The molecule has 0 bridgehead atoms. The third kappa shape index (κ3) is 6.35. The van der Waals surface area contributed by atoms with E-state index in [0.29, 0.717) is 19.1 Å². The Balaban J connectivity index is 3.37. The third-order valence-corrected chi connectivity index (χ3v) is 2.68. The van der Waals surface area contributed by atoms with Gasteiger partial charge in [-0.05, 0) is 12.3 Å². The molecule has 0 radical (unpaired) electrons. The van der Waals surface area contributed by atoms with Crippen LogP contribution in [0.3, 0.4) is 0 Å². The Morgan fingerprint density at radius 2 is 1.71 bits per heavy atom. The fourth-order valence-corrected chi connectivity index (χ4v) is 1.59. The molecule has 0 saturated heterocycles. The van der Waals surface area contributed by atoms with E-state index < -0.39 is 0 Å². The summed E-state index contributed by atoms with van der Waals surface area (Å²) in [5.74, 6) is 0.640. The number of rotatable bonds is 9.